The van der Waals surface area contributed by atoms with Crippen molar-refractivity contribution >= 4 is 23.6 Å². The first-order valence-corrected chi connectivity index (χ1v) is 10.1. The number of amides is 2. The number of rotatable bonds is 7. The van der Waals surface area contributed by atoms with Crippen molar-refractivity contribution in [2.75, 3.05) is 43.4 Å². The fourth-order valence-electron chi connectivity index (χ4n) is 2.84. The van der Waals surface area contributed by atoms with Gasteiger partial charge in [0.1, 0.15) is 5.82 Å². The summed E-state index contributed by atoms with van der Waals surface area (Å²) in [6.07, 6.45) is 6.13. The lowest BCUT2D eigenvalue weighted by Crippen LogP contribution is -2.52. The lowest BCUT2D eigenvalue weighted by Gasteiger charge is -2.35. The van der Waals surface area contributed by atoms with Crippen LogP contribution in [0.4, 0.5) is 10.6 Å². The molecule has 1 N–H and O–H groups in total. The fourth-order valence-corrected chi connectivity index (χ4v) is 3.76. The molecule has 1 aliphatic heterocycles. The van der Waals surface area contributed by atoms with Crippen LogP contribution >= 0.6 is 11.8 Å². The van der Waals surface area contributed by atoms with E-state index in [0.717, 1.165) is 43.4 Å². The number of aromatic nitrogens is 2. The Morgan fingerprint density at radius 3 is 2.65 bits per heavy atom. The normalized spacial score (nSPS) is 14.3. The van der Waals surface area contributed by atoms with E-state index in [2.05, 4.69) is 44.5 Å². The molecule has 26 heavy (non-hydrogen) atoms. The van der Waals surface area contributed by atoms with E-state index < -0.39 is 0 Å². The highest BCUT2D eigenvalue weighted by molar-refractivity contribution is 7.98. The van der Waals surface area contributed by atoms with Gasteiger partial charge in [-0.15, -0.1) is 0 Å². The molecule has 0 radical (unpaired) electrons. The van der Waals surface area contributed by atoms with Gasteiger partial charge in [0.15, 0.2) is 0 Å². The Morgan fingerprint density at radius 1 is 1.12 bits per heavy atom. The Morgan fingerprint density at radius 2 is 1.92 bits per heavy atom. The number of hydrogen-bond donors (Lipinski definition) is 1. The second-order valence-electron chi connectivity index (χ2n) is 6.16. The van der Waals surface area contributed by atoms with Crippen molar-refractivity contribution < 1.29 is 4.79 Å². The first-order valence-electron chi connectivity index (χ1n) is 8.98. The molecule has 0 bridgehead atoms. The molecular weight excluding hydrogens is 346 g/mol. The third-order valence-corrected chi connectivity index (χ3v) is 5.41. The topological polar surface area (TPSA) is 61.4 Å². The quantitative estimate of drug-likeness (QED) is 0.758. The summed E-state index contributed by atoms with van der Waals surface area (Å²) >= 11 is 1.91. The number of carbonyl (C=O) groups is 1. The van der Waals surface area contributed by atoms with E-state index in [1.807, 2.05) is 22.7 Å². The van der Waals surface area contributed by atoms with Crippen molar-refractivity contribution in [2.45, 2.75) is 12.2 Å². The fraction of sp³-hybridized carbons (Fsp3) is 0.421. The number of anilines is 1. The molecule has 1 aliphatic rings. The number of urea groups is 1. The second-order valence-corrected chi connectivity index (χ2v) is 7.27. The average Bonchev–Trinajstić information content (AvgIpc) is 2.72. The monoisotopic (exact) mass is 371 g/mol. The summed E-state index contributed by atoms with van der Waals surface area (Å²) in [5.74, 6) is 2.96. The van der Waals surface area contributed by atoms with Gasteiger partial charge in [-0.3, -0.25) is 4.98 Å². The van der Waals surface area contributed by atoms with E-state index in [1.165, 1.54) is 5.56 Å². The van der Waals surface area contributed by atoms with Gasteiger partial charge in [0, 0.05) is 50.9 Å². The summed E-state index contributed by atoms with van der Waals surface area (Å²) in [5, 5.41) is 3.03. The summed E-state index contributed by atoms with van der Waals surface area (Å²) in [5.41, 5.74) is 1.35. The molecule has 1 fully saturated rings. The number of piperazine rings is 1. The van der Waals surface area contributed by atoms with Crippen LogP contribution in [0.1, 0.15) is 12.0 Å². The van der Waals surface area contributed by atoms with Crippen LogP contribution in [-0.2, 0) is 5.75 Å². The van der Waals surface area contributed by atoms with Gasteiger partial charge in [-0.25, -0.2) is 9.78 Å². The Kier molecular flexibility index (Phi) is 7.13. The van der Waals surface area contributed by atoms with Gasteiger partial charge in [-0.1, -0.05) is 30.3 Å². The molecular formula is C19H25N5OS. The van der Waals surface area contributed by atoms with Crippen molar-refractivity contribution in [2.24, 2.45) is 0 Å². The summed E-state index contributed by atoms with van der Waals surface area (Å²) in [6, 6.07) is 10.5. The molecule has 138 valence electrons. The molecule has 0 aliphatic carbocycles. The standard InChI is InChI=1S/C19H25N5OS/c25-19(22-7-4-14-26-16-17-5-2-1-3-6-17)24-12-10-23(11-13-24)18-15-20-8-9-21-18/h1-3,5-6,8-9,15H,4,7,10-14,16H2,(H,22,25). The minimum Gasteiger partial charge on any atom is -0.352 e. The highest BCUT2D eigenvalue weighted by atomic mass is 32.2. The highest BCUT2D eigenvalue weighted by Crippen LogP contribution is 2.13. The van der Waals surface area contributed by atoms with Crippen molar-refractivity contribution in [1.29, 1.82) is 0 Å². The second kappa shape index (κ2) is 10.0. The van der Waals surface area contributed by atoms with Crippen molar-refractivity contribution in [1.82, 2.24) is 20.2 Å². The molecule has 1 saturated heterocycles. The molecule has 0 saturated carbocycles. The minimum absolute atomic E-state index is 0.0388. The molecule has 6 nitrogen and oxygen atoms in total. The average molecular weight is 372 g/mol. The van der Waals surface area contributed by atoms with Crippen LogP contribution in [-0.4, -0.2) is 59.4 Å². The zero-order chi connectivity index (χ0) is 18.0. The molecule has 1 aromatic carbocycles. The first kappa shape index (κ1) is 18.5. The summed E-state index contributed by atoms with van der Waals surface area (Å²) in [6.45, 7) is 3.74. The molecule has 7 heteroatoms. The van der Waals surface area contributed by atoms with Gasteiger partial charge in [0.05, 0.1) is 6.20 Å². The third-order valence-electron chi connectivity index (χ3n) is 4.29. The van der Waals surface area contributed by atoms with E-state index in [9.17, 15) is 4.79 Å². The molecule has 0 atom stereocenters. The van der Waals surface area contributed by atoms with E-state index in [1.54, 1.807) is 18.6 Å². The number of nitrogens with one attached hydrogen (secondary N) is 1. The van der Waals surface area contributed by atoms with Crippen LogP contribution in [0.2, 0.25) is 0 Å². The highest BCUT2D eigenvalue weighted by Gasteiger charge is 2.21. The summed E-state index contributed by atoms with van der Waals surface area (Å²) in [4.78, 5) is 24.7. The minimum atomic E-state index is 0.0388. The third kappa shape index (κ3) is 5.62. The molecule has 2 heterocycles. The van der Waals surface area contributed by atoms with Crippen LogP contribution in [0, 0.1) is 0 Å². The predicted molar refractivity (Wildman–Crippen MR) is 106 cm³/mol. The maximum atomic E-state index is 12.3. The molecule has 0 unspecified atom stereocenters. The van der Waals surface area contributed by atoms with Gasteiger partial charge < -0.3 is 15.1 Å². The largest absolute Gasteiger partial charge is 0.352 e. The SMILES string of the molecule is O=C(NCCCSCc1ccccc1)N1CCN(c2cnccn2)CC1. The van der Waals surface area contributed by atoms with Gasteiger partial charge in [-0.05, 0) is 17.7 Å². The zero-order valence-corrected chi connectivity index (χ0v) is 15.7. The predicted octanol–water partition coefficient (Wildman–Crippen LogP) is 2.63. The Labute approximate surface area is 159 Å². The lowest BCUT2D eigenvalue weighted by atomic mass is 10.2. The maximum absolute atomic E-state index is 12.3. The smallest absolute Gasteiger partial charge is 0.317 e. The number of carbonyl (C=O) groups excluding carboxylic acids is 1. The van der Waals surface area contributed by atoms with Crippen LogP contribution in [0.5, 0.6) is 0 Å². The van der Waals surface area contributed by atoms with Crippen molar-refractivity contribution in [3.8, 4) is 0 Å². The number of hydrogen-bond acceptors (Lipinski definition) is 5. The van der Waals surface area contributed by atoms with Crippen molar-refractivity contribution in [3.05, 3.63) is 54.5 Å². The van der Waals surface area contributed by atoms with Crippen LogP contribution < -0.4 is 10.2 Å². The maximum Gasteiger partial charge on any atom is 0.317 e. The van der Waals surface area contributed by atoms with E-state index in [4.69, 9.17) is 0 Å². The van der Waals surface area contributed by atoms with Crippen LogP contribution in [0.3, 0.4) is 0 Å². The van der Waals surface area contributed by atoms with E-state index >= 15 is 0 Å². The number of thioether (sulfide) groups is 1. The summed E-state index contributed by atoms with van der Waals surface area (Å²) in [7, 11) is 0. The van der Waals surface area contributed by atoms with E-state index in [0.29, 0.717) is 13.1 Å². The number of benzene rings is 1. The molecule has 1 aromatic heterocycles. The van der Waals surface area contributed by atoms with Gasteiger partial charge in [0.2, 0.25) is 0 Å². The zero-order valence-electron chi connectivity index (χ0n) is 14.9. The Bertz CT molecular complexity index is 662. The molecule has 2 amide bonds. The van der Waals surface area contributed by atoms with E-state index in [-0.39, 0.29) is 6.03 Å². The molecule has 3 rings (SSSR count). The van der Waals surface area contributed by atoms with Gasteiger partial charge in [-0.2, -0.15) is 11.8 Å². The van der Waals surface area contributed by atoms with Gasteiger partial charge >= 0.3 is 6.03 Å². The Balaban J connectivity index is 1.27. The Hall–Kier alpha value is -2.28. The van der Waals surface area contributed by atoms with Crippen molar-refractivity contribution in [3.63, 3.8) is 0 Å². The summed E-state index contributed by atoms with van der Waals surface area (Å²) < 4.78 is 0. The molecule has 2 aromatic rings. The van der Waals surface area contributed by atoms with Crippen LogP contribution in [0.25, 0.3) is 0 Å². The first-order chi connectivity index (χ1) is 12.8. The van der Waals surface area contributed by atoms with Gasteiger partial charge in [0.25, 0.3) is 0 Å². The molecule has 0 spiro atoms. The van der Waals surface area contributed by atoms with Crippen LogP contribution in [0.15, 0.2) is 48.9 Å². The number of nitrogens with zero attached hydrogens (tertiary/aromatic N) is 4. The lowest BCUT2D eigenvalue weighted by molar-refractivity contribution is 0.194.